The molecule has 3 N–H and O–H groups in total. The zero-order chi connectivity index (χ0) is 13.7. The normalized spacial score (nSPS) is 12.2. The first-order valence-electron chi connectivity index (χ1n) is 6.24. The number of nitrogens with zero attached hydrogens (tertiary/aromatic N) is 2. The van der Waals surface area contributed by atoms with Crippen molar-refractivity contribution in [1.82, 2.24) is 10.2 Å². The topological polar surface area (TPSA) is 63.8 Å². The molecule has 100 valence electrons. The van der Waals surface area contributed by atoms with E-state index in [0.29, 0.717) is 11.5 Å². The standard InChI is InChI=1S/C14H17FN4/c1-10(16)7-8-17-14-6-5-13(18-19-14)11-3-2-4-12(15)9-11/h2-6,9-10H,7-8,16H2,1H3,(H,17,19). The molecule has 1 heterocycles. The van der Waals surface area contributed by atoms with Crippen LogP contribution in [-0.4, -0.2) is 22.8 Å². The van der Waals surface area contributed by atoms with E-state index in [2.05, 4.69) is 15.5 Å². The van der Waals surface area contributed by atoms with Crippen LogP contribution >= 0.6 is 0 Å². The number of nitrogens with two attached hydrogens (primary N) is 1. The maximum Gasteiger partial charge on any atom is 0.148 e. The minimum Gasteiger partial charge on any atom is -0.369 e. The Morgan fingerprint density at radius 2 is 2.11 bits per heavy atom. The molecule has 0 spiro atoms. The fourth-order valence-corrected chi connectivity index (χ4v) is 1.66. The molecular formula is C14H17FN4. The molecule has 2 aromatic rings. The summed E-state index contributed by atoms with van der Waals surface area (Å²) in [5.74, 6) is 0.416. The molecule has 1 atom stereocenters. The van der Waals surface area contributed by atoms with Crippen molar-refractivity contribution in [3.8, 4) is 11.3 Å². The third-order valence-corrected chi connectivity index (χ3v) is 2.69. The van der Waals surface area contributed by atoms with E-state index in [9.17, 15) is 4.39 Å². The molecule has 0 amide bonds. The molecule has 0 radical (unpaired) electrons. The molecule has 1 aromatic carbocycles. The van der Waals surface area contributed by atoms with E-state index < -0.39 is 0 Å². The molecule has 1 unspecified atom stereocenters. The molecule has 1 aromatic heterocycles. The van der Waals surface area contributed by atoms with Gasteiger partial charge in [-0.05, 0) is 37.6 Å². The van der Waals surface area contributed by atoms with E-state index in [0.717, 1.165) is 18.5 Å². The first-order valence-corrected chi connectivity index (χ1v) is 6.24. The highest BCUT2D eigenvalue weighted by Gasteiger charge is 2.02. The molecule has 0 saturated carbocycles. The minimum absolute atomic E-state index is 0.159. The molecule has 0 saturated heterocycles. The predicted molar refractivity (Wildman–Crippen MR) is 74.2 cm³/mol. The van der Waals surface area contributed by atoms with Crippen LogP contribution in [0.2, 0.25) is 0 Å². The van der Waals surface area contributed by atoms with Crippen LogP contribution in [0.4, 0.5) is 10.2 Å². The fraction of sp³-hybridized carbons (Fsp3) is 0.286. The molecule has 2 rings (SSSR count). The monoisotopic (exact) mass is 260 g/mol. The van der Waals surface area contributed by atoms with Gasteiger partial charge in [0.15, 0.2) is 0 Å². The first kappa shape index (κ1) is 13.4. The zero-order valence-corrected chi connectivity index (χ0v) is 10.8. The SMILES string of the molecule is CC(N)CCNc1ccc(-c2cccc(F)c2)nn1. The van der Waals surface area contributed by atoms with Crippen molar-refractivity contribution in [2.24, 2.45) is 5.73 Å². The van der Waals surface area contributed by atoms with Crippen LogP contribution in [0.3, 0.4) is 0 Å². The fourth-order valence-electron chi connectivity index (χ4n) is 1.66. The van der Waals surface area contributed by atoms with Gasteiger partial charge in [-0.15, -0.1) is 10.2 Å². The van der Waals surface area contributed by atoms with Crippen molar-refractivity contribution >= 4 is 5.82 Å². The van der Waals surface area contributed by atoms with Gasteiger partial charge in [-0.2, -0.15) is 0 Å². The third-order valence-electron chi connectivity index (χ3n) is 2.69. The van der Waals surface area contributed by atoms with Crippen LogP contribution in [0.1, 0.15) is 13.3 Å². The van der Waals surface area contributed by atoms with Crippen LogP contribution in [-0.2, 0) is 0 Å². The Bertz CT molecular complexity index is 525. The lowest BCUT2D eigenvalue weighted by atomic mass is 10.1. The second kappa shape index (κ2) is 6.24. The lowest BCUT2D eigenvalue weighted by Gasteiger charge is -2.07. The number of halogens is 1. The van der Waals surface area contributed by atoms with E-state index in [1.807, 2.05) is 19.1 Å². The van der Waals surface area contributed by atoms with Gasteiger partial charge in [-0.1, -0.05) is 12.1 Å². The largest absolute Gasteiger partial charge is 0.369 e. The Labute approximate surface area is 111 Å². The molecule has 4 nitrogen and oxygen atoms in total. The smallest absolute Gasteiger partial charge is 0.148 e. The lowest BCUT2D eigenvalue weighted by molar-refractivity contribution is 0.628. The van der Waals surface area contributed by atoms with E-state index in [4.69, 9.17) is 5.73 Å². The number of anilines is 1. The summed E-state index contributed by atoms with van der Waals surface area (Å²) < 4.78 is 13.1. The third kappa shape index (κ3) is 3.99. The molecule has 19 heavy (non-hydrogen) atoms. The van der Waals surface area contributed by atoms with E-state index in [1.54, 1.807) is 12.1 Å². The molecule has 5 heteroatoms. The quantitative estimate of drug-likeness (QED) is 0.866. The summed E-state index contributed by atoms with van der Waals surface area (Å²) >= 11 is 0. The number of hydrogen-bond acceptors (Lipinski definition) is 4. The highest BCUT2D eigenvalue weighted by Crippen LogP contribution is 2.17. The van der Waals surface area contributed by atoms with Gasteiger partial charge in [-0.3, -0.25) is 0 Å². The Morgan fingerprint density at radius 1 is 1.26 bits per heavy atom. The Hall–Kier alpha value is -2.01. The molecule has 0 aliphatic carbocycles. The second-order valence-corrected chi connectivity index (χ2v) is 4.51. The summed E-state index contributed by atoms with van der Waals surface area (Å²) in [6.45, 7) is 2.71. The van der Waals surface area contributed by atoms with Gasteiger partial charge in [0.1, 0.15) is 11.6 Å². The summed E-state index contributed by atoms with van der Waals surface area (Å²) in [6, 6.07) is 10.1. The highest BCUT2D eigenvalue weighted by molar-refractivity contribution is 5.59. The first-order chi connectivity index (χ1) is 9.15. The molecule has 0 bridgehead atoms. The van der Waals surface area contributed by atoms with Gasteiger partial charge in [0, 0.05) is 18.2 Å². The molecular weight excluding hydrogens is 243 g/mol. The van der Waals surface area contributed by atoms with Crippen molar-refractivity contribution in [3.63, 3.8) is 0 Å². The average molecular weight is 260 g/mol. The molecule has 0 fully saturated rings. The summed E-state index contributed by atoms with van der Waals surface area (Å²) in [5, 5.41) is 11.3. The number of benzene rings is 1. The Kier molecular flexibility index (Phi) is 4.41. The van der Waals surface area contributed by atoms with Crippen LogP contribution in [0.15, 0.2) is 36.4 Å². The average Bonchev–Trinajstić information content (AvgIpc) is 2.39. The van der Waals surface area contributed by atoms with E-state index in [1.165, 1.54) is 12.1 Å². The van der Waals surface area contributed by atoms with Crippen LogP contribution < -0.4 is 11.1 Å². The number of aromatic nitrogens is 2. The van der Waals surface area contributed by atoms with Gasteiger partial charge < -0.3 is 11.1 Å². The Morgan fingerprint density at radius 3 is 2.74 bits per heavy atom. The van der Waals surface area contributed by atoms with Gasteiger partial charge in [0.2, 0.25) is 0 Å². The summed E-state index contributed by atoms with van der Waals surface area (Å²) in [4.78, 5) is 0. The molecule has 0 aliphatic rings. The van der Waals surface area contributed by atoms with Gasteiger partial charge >= 0.3 is 0 Å². The highest BCUT2D eigenvalue weighted by atomic mass is 19.1. The number of hydrogen-bond donors (Lipinski definition) is 2. The minimum atomic E-state index is -0.279. The molecule has 0 aliphatic heterocycles. The van der Waals surface area contributed by atoms with Crippen molar-refractivity contribution in [3.05, 3.63) is 42.2 Å². The van der Waals surface area contributed by atoms with Gasteiger partial charge in [-0.25, -0.2) is 4.39 Å². The van der Waals surface area contributed by atoms with Gasteiger partial charge in [0.25, 0.3) is 0 Å². The Balaban J connectivity index is 2.02. The van der Waals surface area contributed by atoms with Crippen LogP contribution in [0.5, 0.6) is 0 Å². The van der Waals surface area contributed by atoms with Crippen LogP contribution in [0.25, 0.3) is 11.3 Å². The van der Waals surface area contributed by atoms with E-state index in [-0.39, 0.29) is 11.9 Å². The maximum absolute atomic E-state index is 13.1. The van der Waals surface area contributed by atoms with Crippen molar-refractivity contribution in [2.45, 2.75) is 19.4 Å². The second-order valence-electron chi connectivity index (χ2n) is 4.51. The lowest BCUT2D eigenvalue weighted by Crippen LogP contribution is -2.19. The predicted octanol–water partition coefficient (Wildman–Crippen LogP) is 2.43. The number of nitrogens with one attached hydrogen (secondary N) is 1. The van der Waals surface area contributed by atoms with E-state index >= 15 is 0 Å². The van der Waals surface area contributed by atoms with Crippen molar-refractivity contribution in [2.75, 3.05) is 11.9 Å². The summed E-state index contributed by atoms with van der Waals surface area (Å²) in [6.07, 6.45) is 0.868. The summed E-state index contributed by atoms with van der Waals surface area (Å²) in [5.41, 5.74) is 7.03. The van der Waals surface area contributed by atoms with Crippen molar-refractivity contribution < 1.29 is 4.39 Å². The number of rotatable bonds is 5. The van der Waals surface area contributed by atoms with Crippen LogP contribution in [0, 0.1) is 5.82 Å². The maximum atomic E-state index is 13.1. The van der Waals surface area contributed by atoms with Crippen molar-refractivity contribution in [1.29, 1.82) is 0 Å². The zero-order valence-electron chi connectivity index (χ0n) is 10.8. The summed E-state index contributed by atoms with van der Waals surface area (Å²) in [7, 11) is 0. The van der Waals surface area contributed by atoms with Gasteiger partial charge in [0.05, 0.1) is 5.69 Å².